The number of carbonyl (C=O) groups excluding carboxylic acids is 1. The molecule has 1 amide bonds. The number of nitrogens with zero attached hydrogens (tertiary/aromatic N) is 1. The van der Waals surface area contributed by atoms with Crippen molar-refractivity contribution < 1.29 is 17.9 Å². The van der Waals surface area contributed by atoms with Crippen LogP contribution in [0, 0.1) is 0 Å². The second-order valence-corrected chi connectivity index (χ2v) is 9.17. The summed E-state index contributed by atoms with van der Waals surface area (Å²) in [5.74, 6) is -0.157. The molecule has 2 aliphatic rings. The number of anilines is 1. The molecule has 1 N–H and O–H groups in total. The van der Waals surface area contributed by atoms with E-state index in [1.54, 1.807) is 48.5 Å². The molecule has 1 fully saturated rings. The van der Waals surface area contributed by atoms with Gasteiger partial charge in [0, 0.05) is 24.8 Å². The summed E-state index contributed by atoms with van der Waals surface area (Å²) in [4.78, 5) is 12.8. The van der Waals surface area contributed by atoms with Crippen LogP contribution in [0.15, 0.2) is 53.4 Å². The Bertz CT molecular complexity index is 969. The van der Waals surface area contributed by atoms with Gasteiger partial charge in [0.2, 0.25) is 0 Å². The Morgan fingerprint density at radius 1 is 1.21 bits per heavy atom. The van der Waals surface area contributed by atoms with Gasteiger partial charge in [0.15, 0.2) is 0 Å². The van der Waals surface area contributed by atoms with Gasteiger partial charge in [-0.3, -0.25) is 9.10 Å². The first-order chi connectivity index (χ1) is 13.5. The molecule has 28 heavy (non-hydrogen) atoms. The Morgan fingerprint density at radius 2 is 2.00 bits per heavy atom. The SMILES string of the molecule is C[C@H]1Cc2cc(C(=O)NC[C@@H]3CCCO3)ccc2N1S(=O)(=O)c1ccccc1. The predicted octanol–water partition coefficient (Wildman–Crippen LogP) is 2.74. The average Bonchev–Trinajstić information content (AvgIpc) is 3.33. The number of hydrogen-bond donors (Lipinski definition) is 1. The molecule has 2 heterocycles. The van der Waals surface area contributed by atoms with Gasteiger partial charge in [-0.15, -0.1) is 0 Å². The third-order valence-corrected chi connectivity index (χ3v) is 7.25. The lowest BCUT2D eigenvalue weighted by Crippen LogP contribution is -2.35. The Labute approximate surface area is 165 Å². The van der Waals surface area contributed by atoms with Crippen molar-refractivity contribution in [2.75, 3.05) is 17.5 Å². The molecule has 7 heteroatoms. The van der Waals surface area contributed by atoms with Gasteiger partial charge >= 0.3 is 0 Å². The molecule has 2 aliphatic heterocycles. The van der Waals surface area contributed by atoms with Gasteiger partial charge in [0.25, 0.3) is 15.9 Å². The molecule has 0 unspecified atom stereocenters. The highest BCUT2D eigenvalue weighted by Crippen LogP contribution is 2.37. The minimum absolute atomic E-state index is 0.0879. The van der Waals surface area contributed by atoms with Crippen LogP contribution in [0.4, 0.5) is 5.69 Å². The molecule has 2 aromatic rings. The highest BCUT2D eigenvalue weighted by atomic mass is 32.2. The fraction of sp³-hybridized carbons (Fsp3) is 0.381. The minimum atomic E-state index is -3.64. The van der Waals surface area contributed by atoms with E-state index in [1.807, 2.05) is 6.92 Å². The number of nitrogens with one attached hydrogen (secondary N) is 1. The van der Waals surface area contributed by atoms with Crippen LogP contribution in [0.2, 0.25) is 0 Å². The summed E-state index contributed by atoms with van der Waals surface area (Å²) >= 11 is 0. The monoisotopic (exact) mass is 400 g/mol. The van der Waals surface area contributed by atoms with Crippen LogP contribution in [-0.4, -0.2) is 39.6 Å². The molecule has 0 aromatic heterocycles. The van der Waals surface area contributed by atoms with E-state index < -0.39 is 10.0 Å². The van der Waals surface area contributed by atoms with Crippen molar-refractivity contribution in [2.45, 2.75) is 43.2 Å². The summed E-state index contributed by atoms with van der Waals surface area (Å²) < 4.78 is 33.2. The smallest absolute Gasteiger partial charge is 0.264 e. The zero-order chi connectivity index (χ0) is 19.7. The first kappa shape index (κ1) is 19.0. The summed E-state index contributed by atoms with van der Waals surface area (Å²) in [5, 5.41) is 2.91. The maximum absolute atomic E-state index is 13.1. The Morgan fingerprint density at radius 3 is 2.71 bits per heavy atom. The fourth-order valence-corrected chi connectivity index (χ4v) is 5.64. The van der Waals surface area contributed by atoms with Gasteiger partial charge in [0.05, 0.1) is 16.7 Å². The maximum atomic E-state index is 13.1. The molecular formula is C21H24N2O4S. The van der Waals surface area contributed by atoms with E-state index in [0.717, 1.165) is 25.0 Å². The normalized spacial score (nSPS) is 21.5. The quantitative estimate of drug-likeness (QED) is 0.837. The fourth-order valence-electron chi connectivity index (χ4n) is 3.93. The van der Waals surface area contributed by atoms with Crippen molar-refractivity contribution in [3.8, 4) is 0 Å². The van der Waals surface area contributed by atoms with Gasteiger partial charge in [-0.1, -0.05) is 18.2 Å². The van der Waals surface area contributed by atoms with Crippen molar-refractivity contribution in [2.24, 2.45) is 0 Å². The Hall–Kier alpha value is -2.38. The molecule has 0 bridgehead atoms. The van der Waals surface area contributed by atoms with E-state index in [9.17, 15) is 13.2 Å². The second kappa shape index (κ2) is 7.56. The van der Waals surface area contributed by atoms with Gasteiger partial charge in [-0.2, -0.15) is 0 Å². The molecule has 0 saturated carbocycles. The number of hydrogen-bond acceptors (Lipinski definition) is 4. The van der Waals surface area contributed by atoms with E-state index in [4.69, 9.17) is 4.74 Å². The van der Waals surface area contributed by atoms with Crippen molar-refractivity contribution >= 4 is 21.6 Å². The van der Waals surface area contributed by atoms with E-state index in [0.29, 0.717) is 24.2 Å². The summed E-state index contributed by atoms with van der Waals surface area (Å²) in [5.41, 5.74) is 2.06. The van der Waals surface area contributed by atoms with Crippen molar-refractivity contribution in [3.05, 3.63) is 59.7 Å². The van der Waals surface area contributed by atoms with Crippen LogP contribution >= 0.6 is 0 Å². The summed E-state index contributed by atoms with van der Waals surface area (Å²) in [6.45, 7) is 3.14. The molecule has 148 valence electrons. The molecule has 0 spiro atoms. The van der Waals surface area contributed by atoms with Crippen LogP contribution in [0.3, 0.4) is 0 Å². The first-order valence-electron chi connectivity index (χ1n) is 9.59. The molecule has 0 aliphatic carbocycles. The number of rotatable bonds is 5. The van der Waals surface area contributed by atoms with Gasteiger partial charge < -0.3 is 10.1 Å². The number of ether oxygens (including phenoxy) is 1. The Balaban J connectivity index is 1.55. The lowest BCUT2D eigenvalue weighted by molar-refractivity contribution is 0.0857. The molecule has 4 rings (SSSR count). The summed E-state index contributed by atoms with van der Waals surface area (Å²) in [6.07, 6.45) is 2.66. The third-order valence-electron chi connectivity index (χ3n) is 5.31. The zero-order valence-electron chi connectivity index (χ0n) is 15.8. The highest BCUT2D eigenvalue weighted by molar-refractivity contribution is 7.92. The molecule has 2 aromatic carbocycles. The van der Waals surface area contributed by atoms with Gasteiger partial charge in [-0.05, 0) is 62.1 Å². The van der Waals surface area contributed by atoms with Crippen LogP contribution in [0.1, 0.15) is 35.7 Å². The molecule has 6 nitrogen and oxygen atoms in total. The van der Waals surface area contributed by atoms with Crippen LogP contribution in [-0.2, 0) is 21.2 Å². The lowest BCUT2D eigenvalue weighted by Gasteiger charge is -2.24. The molecule has 0 radical (unpaired) electrons. The predicted molar refractivity (Wildman–Crippen MR) is 107 cm³/mol. The lowest BCUT2D eigenvalue weighted by atomic mass is 10.1. The molecular weight excluding hydrogens is 376 g/mol. The largest absolute Gasteiger partial charge is 0.376 e. The maximum Gasteiger partial charge on any atom is 0.264 e. The minimum Gasteiger partial charge on any atom is -0.376 e. The summed E-state index contributed by atoms with van der Waals surface area (Å²) in [6, 6.07) is 13.5. The van der Waals surface area contributed by atoms with Gasteiger partial charge in [-0.25, -0.2) is 8.42 Å². The number of fused-ring (bicyclic) bond motifs is 1. The van der Waals surface area contributed by atoms with Crippen molar-refractivity contribution in [3.63, 3.8) is 0 Å². The van der Waals surface area contributed by atoms with E-state index >= 15 is 0 Å². The van der Waals surface area contributed by atoms with Crippen LogP contribution in [0.25, 0.3) is 0 Å². The average molecular weight is 401 g/mol. The Kier molecular flexibility index (Phi) is 5.12. The molecule has 2 atom stereocenters. The van der Waals surface area contributed by atoms with Crippen LogP contribution in [0.5, 0.6) is 0 Å². The molecule has 1 saturated heterocycles. The van der Waals surface area contributed by atoms with Gasteiger partial charge in [0.1, 0.15) is 0 Å². The zero-order valence-corrected chi connectivity index (χ0v) is 16.6. The standard InChI is InChI=1S/C21H24N2O4S/c1-15-12-17-13-16(21(24)22-14-18-6-5-11-27-18)9-10-20(17)23(15)28(25,26)19-7-3-2-4-8-19/h2-4,7-10,13,15,18H,5-6,11-12,14H2,1H3,(H,22,24)/t15-,18-/m0/s1. The van der Waals surface area contributed by atoms with E-state index in [1.165, 1.54) is 4.31 Å². The topological polar surface area (TPSA) is 75.7 Å². The second-order valence-electron chi connectivity index (χ2n) is 7.36. The number of carbonyl (C=O) groups is 1. The van der Waals surface area contributed by atoms with E-state index in [-0.39, 0.29) is 22.9 Å². The van der Waals surface area contributed by atoms with E-state index in [2.05, 4.69) is 5.32 Å². The first-order valence-corrected chi connectivity index (χ1v) is 11.0. The number of benzene rings is 2. The third kappa shape index (κ3) is 3.52. The summed E-state index contributed by atoms with van der Waals surface area (Å²) in [7, 11) is -3.64. The van der Waals surface area contributed by atoms with Crippen molar-refractivity contribution in [1.29, 1.82) is 0 Å². The number of amides is 1. The highest BCUT2D eigenvalue weighted by Gasteiger charge is 2.36. The van der Waals surface area contributed by atoms with Crippen LogP contribution < -0.4 is 9.62 Å². The number of sulfonamides is 1. The van der Waals surface area contributed by atoms with Crippen molar-refractivity contribution in [1.82, 2.24) is 5.32 Å².